The van der Waals surface area contributed by atoms with Crippen LogP contribution in [0.1, 0.15) is 29.6 Å². The van der Waals surface area contributed by atoms with Gasteiger partial charge in [0.2, 0.25) is 0 Å². The SMILES string of the molecule is O=C(N[C@@H]1C[C@@H]1c1cccc(F)c1F)[C@H](O)c1ccccc1. The van der Waals surface area contributed by atoms with E-state index in [1.54, 1.807) is 30.3 Å². The first kappa shape index (κ1) is 14.7. The second-order valence-electron chi connectivity index (χ2n) is 5.41. The molecule has 0 aliphatic heterocycles. The second-order valence-corrected chi connectivity index (χ2v) is 5.41. The quantitative estimate of drug-likeness (QED) is 0.912. The fraction of sp³-hybridized carbons (Fsp3) is 0.235. The number of benzene rings is 2. The smallest absolute Gasteiger partial charge is 0.253 e. The number of hydrogen-bond acceptors (Lipinski definition) is 2. The van der Waals surface area contributed by atoms with Crippen molar-refractivity contribution in [3.05, 3.63) is 71.3 Å². The lowest BCUT2D eigenvalue weighted by atomic mass is 10.1. The van der Waals surface area contributed by atoms with Gasteiger partial charge in [-0.1, -0.05) is 42.5 Å². The molecule has 5 heteroatoms. The van der Waals surface area contributed by atoms with E-state index < -0.39 is 23.6 Å². The molecule has 22 heavy (non-hydrogen) atoms. The Kier molecular flexibility index (Phi) is 3.90. The van der Waals surface area contributed by atoms with E-state index >= 15 is 0 Å². The lowest BCUT2D eigenvalue weighted by Gasteiger charge is -2.11. The molecule has 0 unspecified atom stereocenters. The molecule has 114 valence electrons. The van der Waals surface area contributed by atoms with Crippen LogP contribution in [0.15, 0.2) is 48.5 Å². The van der Waals surface area contributed by atoms with Crippen LogP contribution >= 0.6 is 0 Å². The largest absolute Gasteiger partial charge is 0.378 e. The van der Waals surface area contributed by atoms with E-state index in [4.69, 9.17) is 0 Å². The standard InChI is InChI=1S/C17H15F2NO2/c18-13-8-4-7-11(15(13)19)12-9-14(12)20-17(22)16(21)10-5-2-1-3-6-10/h1-8,12,14,16,21H,9H2,(H,20,22)/t12-,14-,16-/m1/s1. The van der Waals surface area contributed by atoms with Crippen LogP contribution in [0.5, 0.6) is 0 Å². The highest BCUT2D eigenvalue weighted by Crippen LogP contribution is 2.42. The molecule has 2 aromatic carbocycles. The number of rotatable bonds is 4. The van der Waals surface area contributed by atoms with Gasteiger partial charge in [0, 0.05) is 12.0 Å². The molecule has 2 N–H and O–H groups in total. The molecule has 0 radical (unpaired) electrons. The molecule has 1 saturated carbocycles. The van der Waals surface area contributed by atoms with E-state index in [1.165, 1.54) is 12.1 Å². The van der Waals surface area contributed by atoms with Crippen molar-refractivity contribution >= 4 is 5.91 Å². The molecular weight excluding hydrogens is 288 g/mol. The Morgan fingerprint density at radius 3 is 2.59 bits per heavy atom. The first-order chi connectivity index (χ1) is 10.6. The summed E-state index contributed by atoms with van der Waals surface area (Å²) in [7, 11) is 0. The van der Waals surface area contributed by atoms with Crippen molar-refractivity contribution in [1.82, 2.24) is 5.32 Å². The van der Waals surface area contributed by atoms with Crippen molar-refractivity contribution in [3.8, 4) is 0 Å². The van der Waals surface area contributed by atoms with Crippen LogP contribution in [0.3, 0.4) is 0 Å². The third-order valence-electron chi connectivity index (χ3n) is 3.86. The Balaban J connectivity index is 1.64. The minimum absolute atomic E-state index is 0.248. The molecule has 3 atom stereocenters. The zero-order valence-electron chi connectivity index (χ0n) is 11.7. The average molecular weight is 303 g/mol. The maximum atomic E-state index is 13.7. The van der Waals surface area contributed by atoms with E-state index in [9.17, 15) is 18.7 Å². The third-order valence-corrected chi connectivity index (χ3v) is 3.86. The van der Waals surface area contributed by atoms with Gasteiger partial charge >= 0.3 is 0 Å². The molecular formula is C17H15F2NO2. The molecule has 1 fully saturated rings. The number of carbonyl (C=O) groups is 1. The Morgan fingerprint density at radius 1 is 1.14 bits per heavy atom. The van der Waals surface area contributed by atoms with Crippen LogP contribution < -0.4 is 5.32 Å². The first-order valence-corrected chi connectivity index (χ1v) is 7.05. The van der Waals surface area contributed by atoms with Crippen molar-refractivity contribution in [1.29, 1.82) is 0 Å². The maximum absolute atomic E-state index is 13.7. The van der Waals surface area contributed by atoms with Crippen LogP contribution in [-0.4, -0.2) is 17.1 Å². The highest BCUT2D eigenvalue weighted by atomic mass is 19.2. The molecule has 0 saturated heterocycles. The fourth-order valence-corrected chi connectivity index (χ4v) is 2.55. The number of amides is 1. The maximum Gasteiger partial charge on any atom is 0.253 e. The molecule has 0 aromatic heterocycles. The molecule has 1 amide bonds. The van der Waals surface area contributed by atoms with Crippen molar-refractivity contribution in [2.45, 2.75) is 24.5 Å². The number of halogens is 2. The molecule has 1 aliphatic carbocycles. The highest BCUT2D eigenvalue weighted by Gasteiger charge is 2.42. The van der Waals surface area contributed by atoms with Gasteiger partial charge in [-0.3, -0.25) is 4.79 Å². The summed E-state index contributed by atoms with van der Waals surface area (Å²) in [5.41, 5.74) is 0.758. The number of nitrogens with one attached hydrogen (secondary N) is 1. The Morgan fingerprint density at radius 2 is 1.86 bits per heavy atom. The van der Waals surface area contributed by atoms with E-state index in [0.717, 1.165) is 6.07 Å². The summed E-state index contributed by atoms with van der Waals surface area (Å²) >= 11 is 0. The predicted molar refractivity (Wildman–Crippen MR) is 77.0 cm³/mol. The number of aliphatic hydroxyl groups is 1. The lowest BCUT2D eigenvalue weighted by Crippen LogP contribution is -2.31. The molecule has 0 heterocycles. The van der Waals surface area contributed by atoms with Crippen LogP contribution in [0.2, 0.25) is 0 Å². The summed E-state index contributed by atoms with van der Waals surface area (Å²) < 4.78 is 26.9. The summed E-state index contributed by atoms with van der Waals surface area (Å²) in [4.78, 5) is 12.0. The number of carbonyl (C=O) groups excluding carboxylic acids is 1. The van der Waals surface area contributed by atoms with Gasteiger partial charge in [0.25, 0.3) is 5.91 Å². The monoisotopic (exact) mass is 303 g/mol. The van der Waals surface area contributed by atoms with Gasteiger partial charge in [-0.2, -0.15) is 0 Å². The van der Waals surface area contributed by atoms with Crippen LogP contribution in [0.25, 0.3) is 0 Å². The van der Waals surface area contributed by atoms with Crippen LogP contribution in [0, 0.1) is 11.6 Å². The summed E-state index contributed by atoms with van der Waals surface area (Å²) in [6.45, 7) is 0. The van der Waals surface area contributed by atoms with Gasteiger partial charge in [0.1, 0.15) is 0 Å². The van der Waals surface area contributed by atoms with Crippen molar-refractivity contribution in [2.24, 2.45) is 0 Å². The number of aliphatic hydroxyl groups excluding tert-OH is 1. The van der Waals surface area contributed by atoms with Crippen LogP contribution in [-0.2, 0) is 4.79 Å². The molecule has 0 bridgehead atoms. The Hall–Kier alpha value is -2.27. The molecule has 2 aromatic rings. The third kappa shape index (κ3) is 2.85. The summed E-state index contributed by atoms with van der Waals surface area (Å²) in [5, 5.41) is 12.6. The van der Waals surface area contributed by atoms with Crippen molar-refractivity contribution < 1.29 is 18.7 Å². The lowest BCUT2D eigenvalue weighted by molar-refractivity contribution is -0.129. The van der Waals surface area contributed by atoms with E-state index in [2.05, 4.69) is 5.32 Å². The minimum atomic E-state index is -1.26. The van der Waals surface area contributed by atoms with Crippen molar-refractivity contribution in [2.75, 3.05) is 0 Å². The van der Waals surface area contributed by atoms with E-state index in [0.29, 0.717) is 12.0 Å². The predicted octanol–water partition coefficient (Wildman–Crippen LogP) is 2.67. The Bertz CT molecular complexity index is 690. The highest BCUT2D eigenvalue weighted by molar-refractivity contribution is 5.82. The zero-order chi connectivity index (χ0) is 15.7. The van der Waals surface area contributed by atoms with Gasteiger partial charge in [-0.15, -0.1) is 0 Å². The topological polar surface area (TPSA) is 49.3 Å². The first-order valence-electron chi connectivity index (χ1n) is 7.05. The van der Waals surface area contributed by atoms with Crippen molar-refractivity contribution in [3.63, 3.8) is 0 Å². The second kappa shape index (κ2) is 5.85. The van der Waals surface area contributed by atoms with Gasteiger partial charge in [-0.25, -0.2) is 8.78 Å². The van der Waals surface area contributed by atoms with Gasteiger partial charge < -0.3 is 10.4 Å². The fourth-order valence-electron chi connectivity index (χ4n) is 2.55. The molecule has 3 nitrogen and oxygen atoms in total. The van der Waals surface area contributed by atoms with Gasteiger partial charge in [-0.05, 0) is 23.6 Å². The van der Waals surface area contributed by atoms with Gasteiger partial charge in [0.15, 0.2) is 17.7 Å². The average Bonchev–Trinajstić information content (AvgIpc) is 3.29. The molecule has 0 spiro atoms. The molecule has 1 aliphatic rings. The summed E-state index contributed by atoms with van der Waals surface area (Å²) in [6, 6.07) is 12.3. The summed E-state index contributed by atoms with van der Waals surface area (Å²) in [5.74, 6) is -2.54. The zero-order valence-corrected chi connectivity index (χ0v) is 11.7. The summed E-state index contributed by atoms with van der Waals surface area (Å²) in [6.07, 6.45) is -0.729. The molecule has 3 rings (SSSR count). The van der Waals surface area contributed by atoms with Gasteiger partial charge in [0.05, 0.1) is 0 Å². The Labute approximate surface area is 126 Å². The van der Waals surface area contributed by atoms with Crippen LogP contribution in [0.4, 0.5) is 8.78 Å². The van der Waals surface area contributed by atoms with E-state index in [1.807, 2.05) is 0 Å². The number of hydrogen-bond donors (Lipinski definition) is 2. The van der Waals surface area contributed by atoms with E-state index in [-0.39, 0.29) is 17.5 Å². The minimum Gasteiger partial charge on any atom is -0.378 e. The normalized spacial score (nSPS) is 21.2.